The summed E-state index contributed by atoms with van der Waals surface area (Å²) in [6, 6.07) is 18.0. The Morgan fingerprint density at radius 3 is 2.28 bits per heavy atom. The highest BCUT2D eigenvalue weighted by molar-refractivity contribution is 7.99. The summed E-state index contributed by atoms with van der Waals surface area (Å²) in [6.45, 7) is 9.20. The zero-order chi connectivity index (χ0) is 32.8. The fourth-order valence-corrected chi connectivity index (χ4v) is 7.96. The fraction of sp³-hybridized carbons (Fsp3) is 0.424. The van der Waals surface area contributed by atoms with Crippen molar-refractivity contribution in [3.05, 3.63) is 71.9 Å². The van der Waals surface area contributed by atoms with Crippen LogP contribution in [0.3, 0.4) is 0 Å². The summed E-state index contributed by atoms with van der Waals surface area (Å²) in [7, 11) is -1.87. The van der Waals surface area contributed by atoms with E-state index in [-0.39, 0.29) is 16.8 Å². The lowest BCUT2D eigenvalue weighted by molar-refractivity contribution is 0.0762. The van der Waals surface area contributed by atoms with Crippen molar-refractivity contribution in [2.75, 3.05) is 69.7 Å². The number of H-pyrrole nitrogens is 1. The van der Waals surface area contributed by atoms with Crippen molar-refractivity contribution in [2.24, 2.45) is 0 Å². The van der Waals surface area contributed by atoms with E-state index in [0.717, 1.165) is 81.4 Å². The molecule has 6 rings (SSSR count). The molecule has 2 fully saturated rings. The molecule has 2 aliphatic heterocycles. The summed E-state index contributed by atoms with van der Waals surface area (Å²) in [5.41, 5.74) is 1.66. The van der Waals surface area contributed by atoms with Crippen LogP contribution < -0.4 is 15.0 Å². The lowest BCUT2D eigenvalue weighted by Crippen LogP contribution is -2.49. The lowest BCUT2D eigenvalue weighted by Gasteiger charge is -2.37. The quantitative estimate of drug-likeness (QED) is 0.187. The van der Waals surface area contributed by atoms with Crippen LogP contribution in [0.2, 0.25) is 0 Å². The van der Waals surface area contributed by atoms with Crippen molar-refractivity contribution < 1.29 is 18.3 Å². The molecule has 0 radical (unpaired) electrons. The molecule has 4 aromatic rings. The zero-order valence-corrected chi connectivity index (χ0v) is 28.4. The Balaban J connectivity index is 1.18. The highest BCUT2D eigenvalue weighted by Gasteiger charge is 2.26. The minimum atomic E-state index is -3.49. The molecule has 2 saturated heterocycles. The summed E-state index contributed by atoms with van der Waals surface area (Å²) in [5.74, 6) is 2.31. The van der Waals surface area contributed by atoms with E-state index in [1.807, 2.05) is 43.3 Å². The monoisotopic (exact) mass is 678 g/mol. The van der Waals surface area contributed by atoms with E-state index in [1.165, 1.54) is 11.8 Å². The average molecular weight is 679 g/mol. The van der Waals surface area contributed by atoms with Gasteiger partial charge in [0.15, 0.2) is 32.4 Å². The predicted molar refractivity (Wildman–Crippen MR) is 183 cm³/mol. The topological polar surface area (TPSA) is 140 Å². The molecule has 2 aromatic heterocycles. The van der Waals surface area contributed by atoms with Gasteiger partial charge >= 0.3 is 0 Å². The lowest BCUT2D eigenvalue weighted by atomic mass is 10.1. The first-order chi connectivity index (χ1) is 22.8. The molecule has 2 aliphatic rings. The number of aliphatic hydroxyl groups excluding tert-OH is 1. The van der Waals surface area contributed by atoms with Gasteiger partial charge in [0.1, 0.15) is 0 Å². The smallest absolute Gasteiger partial charge is 0.204 e. The average Bonchev–Trinajstić information content (AvgIpc) is 3.49. The molecule has 0 bridgehead atoms. The van der Waals surface area contributed by atoms with Gasteiger partial charge in [0.2, 0.25) is 5.75 Å². The number of aromatic nitrogens is 4. The number of nitrogens with zero attached hydrogens (tertiary/aromatic N) is 6. The molecule has 0 aliphatic carbocycles. The first-order valence-corrected chi connectivity index (χ1v) is 18.4. The van der Waals surface area contributed by atoms with Crippen LogP contribution in [0, 0.1) is 6.92 Å². The zero-order valence-electron chi connectivity index (χ0n) is 26.8. The number of rotatable bonds is 12. The van der Waals surface area contributed by atoms with Crippen molar-refractivity contribution >= 4 is 39.1 Å². The standard InChI is InChI=1S/C33H42N8O4S2/c1-24-22-29(38-37-24)34-31-30(45-2)32(41-20-18-40(19-21-41)17-16-39-14-12-26(42)13-15-39)36-33(35-31)46-27-8-10-28(11-9-27)47(43,44)23-25-6-4-3-5-7-25/h3-11,22,26,42H,12-21,23H2,1-2H3,(H2,34,35,36,37,38). The van der Waals surface area contributed by atoms with E-state index in [1.54, 1.807) is 31.4 Å². The van der Waals surface area contributed by atoms with Crippen LogP contribution in [-0.4, -0.2) is 109 Å². The highest BCUT2D eigenvalue weighted by Crippen LogP contribution is 2.38. The molecule has 12 nitrogen and oxygen atoms in total. The van der Waals surface area contributed by atoms with Gasteiger partial charge in [0.25, 0.3) is 0 Å². The first-order valence-electron chi connectivity index (χ1n) is 15.9. The maximum atomic E-state index is 13.1. The summed E-state index contributed by atoms with van der Waals surface area (Å²) in [6.07, 6.45) is 1.55. The second-order valence-corrected chi connectivity index (χ2v) is 15.0. The Bertz CT molecular complexity index is 1720. The molecule has 0 saturated carbocycles. The number of aliphatic hydroxyl groups is 1. The molecule has 47 heavy (non-hydrogen) atoms. The molecule has 4 heterocycles. The minimum absolute atomic E-state index is 0.0529. The third kappa shape index (κ3) is 8.62. The maximum absolute atomic E-state index is 13.1. The number of benzene rings is 2. The molecule has 0 unspecified atom stereocenters. The number of hydrogen-bond donors (Lipinski definition) is 3. The molecule has 0 amide bonds. The molecular formula is C33H42N8O4S2. The van der Waals surface area contributed by atoms with Crippen LogP contribution in [0.15, 0.2) is 75.6 Å². The van der Waals surface area contributed by atoms with Gasteiger partial charge in [0, 0.05) is 69.0 Å². The summed E-state index contributed by atoms with van der Waals surface area (Å²) >= 11 is 1.36. The van der Waals surface area contributed by atoms with Crippen LogP contribution in [0.4, 0.5) is 17.5 Å². The SMILES string of the molecule is COc1c(Nc2cc(C)[nH]n2)nc(Sc2ccc(S(=O)(=O)Cc3ccccc3)cc2)nc1N1CCN(CCN2CCC(O)CC2)CC1. The number of piperidine rings is 1. The normalized spacial score (nSPS) is 16.8. The van der Waals surface area contributed by atoms with Crippen molar-refractivity contribution in [1.82, 2.24) is 30.0 Å². The number of methoxy groups -OCH3 is 1. The maximum Gasteiger partial charge on any atom is 0.204 e. The predicted octanol–water partition coefficient (Wildman–Crippen LogP) is 3.96. The number of sulfone groups is 1. The Morgan fingerprint density at radius 2 is 1.64 bits per heavy atom. The van der Waals surface area contributed by atoms with Gasteiger partial charge in [-0.3, -0.25) is 10.00 Å². The second-order valence-electron chi connectivity index (χ2n) is 12.0. The summed E-state index contributed by atoms with van der Waals surface area (Å²) < 4.78 is 32.0. The van der Waals surface area contributed by atoms with Crippen molar-refractivity contribution in [3.8, 4) is 5.75 Å². The van der Waals surface area contributed by atoms with Gasteiger partial charge in [-0.1, -0.05) is 30.3 Å². The van der Waals surface area contributed by atoms with Crippen LogP contribution >= 0.6 is 11.8 Å². The molecule has 2 aromatic carbocycles. The molecule has 3 N–H and O–H groups in total. The van der Waals surface area contributed by atoms with E-state index in [0.29, 0.717) is 28.4 Å². The molecular weight excluding hydrogens is 637 g/mol. The number of likely N-dealkylation sites (tertiary alicyclic amines) is 1. The number of hydrogen-bond acceptors (Lipinski definition) is 12. The van der Waals surface area contributed by atoms with E-state index in [4.69, 9.17) is 14.7 Å². The molecule has 0 atom stereocenters. The largest absolute Gasteiger partial charge is 0.490 e. The second kappa shape index (κ2) is 15.0. The van der Waals surface area contributed by atoms with Crippen LogP contribution in [0.1, 0.15) is 24.1 Å². The minimum Gasteiger partial charge on any atom is -0.490 e. The number of aromatic amines is 1. The molecule has 250 valence electrons. The van der Waals surface area contributed by atoms with Gasteiger partial charge in [0.05, 0.1) is 23.9 Å². The van der Waals surface area contributed by atoms with Crippen molar-refractivity contribution in [2.45, 2.75) is 46.6 Å². The van der Waals surface area contributed by atoms with Gasteiger partial charge in [-0.15, -0.1) is 0 Å². The van der Waals surface area contributed by atoms with Gasteiger partial charge in [-0.25, -0.2) is 18.4 Å². The van der Waals surface area contributed by atoms with Crippen molar-refractivity contribution in [3.63, 3.8) is 0 Å². The van der Waals surface area contributed by atoms with Crippen LogP contribution in [0.5, 0.6) is 5.75 Å². The van der Waals surface area contributed by atoms with E-state index < -0.39 is 9.84 Å². The summed E-state index contributed by atoms with van der Waals surface area (Å²) in [4.78, 5) is 18.0. The Labute approximate surface area is 280 Å². The number of piperazine rings is 1. The number of anilines is 3. The summed E-state index contributed by atoms with van der Waals surface area (Å²) in [5, 5.41) is 20.9. The fourth-order valence-electron chi connectivity index (χ4n) is 5.86. The Kier molecular flexibility index (Phi) is 10.6. The number of aryl methyl sites for hydroxylation is 1. The van der Waals surface area contributed by atoms with Crippen LogP contribution in [0.25, 0.3) is 0 Å². The van der Waals surface area contributed by atoms with E-state index in [9.17, 15) is 13.5 Å². The van der Waals surface area contributed by atoms with E-state index in [2.05, 4.69) is 30.2 Å². The third-order valence-electron chi connectivity index (χ3n) is 8.54. The van der Waals surface area contributed by atoms with E-state index >= 15 is 0 Å². The van der Waals surface area contributed by atoms with Gasteiger partial charge < -0.3 is 25.0 Å². The van der Waals surface area contributed by atoms with Crippen molar-refractivity contribution in [1.29, 1.82) is 0 Å². The van der Waals surface area contributed by atoms with Gasteiger partial charge in [-0.2, -0.15) is 5.10 Å². The Hall–Kier alpha value is -3.69. The molecule has 14 heteroatoms. The molecule has 0 spiro atoms. The first kappa shape index (κ1) is 33.2. The highest BCUT2D eigenvalue weighted by atomic mass is 32.2. The Morgan fingerprint density at radius 1 is 0.957 bits per heavy atom. The number of ether oxygens (including phenoxy) is 1. The number of nitrogens with one attached hydrogen (secondary N) is 2. The van der Waals surface area contributed by atoms with Crippen LogP contribution in [-0.2, 0) is 15.6 Å². The van der Waals surface area contributed by atoms with Gasteiger partial charge in [-0.05, 0) is 61.4 Å². The third-order valence-corrected chi connectivity index (χ3v) is 11.1.